The van der Waals surface area contributed by atoms with E-state index in [1.807, 2.05) is 16.0 Å². The number of carbonyl (C=O) groups excluding carboxylic acids is 6. The summed E-state index contributed by atoms with van der Waals surface area (Å²) >= 11 is 0. The van der Waals surface area contributed by atoms with Gasteiger partial charge < -0.3 is 92.7 Å². The van der Waals surface area contributed by atoms with Crippen LogP contribution >= 0.6 is 0 Å². The van der Waals surface area contributed by atoms with Gasteiger partial charge in [0.15, 0.2) is 17.9 Å². The van der Waals surface area contributed by atoms with Crippen LogP contribution in [0.3, 0.4) is 0 Å². The predicted molar refractivity (Wildman–Crippen MR) is 265 cm³/mol. The molecule has 0 saturated heterocycles. The Labute approximate surface area is 433 Å². The number of carboxylic acid groups (broad SMARTS) is 1. The molecule has 0 heterocycles. The van der Waals surface area contributed by atoms with Crippen molar-refractivity contribution >= 4 is 93.6 Å². The van der Waals surface area contributed by atoms with Crippen LogP contribution in [0.15, 0.2) is 74.6 Å². The number of carbonyl (C=O) groups is 7. The van der Waals surface area contributed by atoms with Crippen LogP contribution in [-0.4, -0.2) is 138 Å². The predicted octanol–water partition coefficient (Wildman–Crippen LogP) is -6.69. The van der Waals surface area contributed by atoms with E-state index in [0.717, 1.165) is 6.92 Å². The number of nitro benzene ring substituents is 3. The number of aromatic hydroxyl groups is 1. The summed E-state index contributed by atoms with van der Waals surface area (Å²) in [5.74, 6) is -14.8. The molecule has 0 fully saturated rings. The Morgan fingerprint density at radius 1 is 0.654 bits per heavy atom. The van der Waals surface area contributed by atoms with E-state index in [0.29, 0.717) is 23.1 Å². The van der Waals surface area contributed by atoms with Crippen LogP contribution < -0.4 is 82.8 Å². The van der Waals surface area contributed by atoms with E-state index >= 15 is 0 Å². The van der Waals surface area contributed by atoms with Crippen LogP contribution in [0.5, 0.6) is 5.75 Å². The molecular formula is C38H48N22O18. The number of benzene rings is 3. The molecule has 6 unspecified atom stereocenters. The number of aliphatic imine (C=N–C) groups is 4. The van der Waals surface area contributed by atoms with E-state index in [9.17, 15) is 79.2 Å². The van der Waals surface area contributed by atoms with Gasteiger partial charge >= 0.3 is 5.97 Å². The van der Waals surface area contributed by atoms with Crippen molar-refractivity contribution in [3.63, 3.8) is 0 Å². The first-order valence-corrected chi connectivity index (χ1v) is 21.1. The van der Waals surface area contributed by atoms with Gasteiger partial charge in [-0.2, -0.15) is 0 Å². The van der Waals surface area contributed by atoms with Crippen LogP contribution in [-0.2, 0) is 40.3 Å². The number of phenolic OH excluding ortho intramolecular Hbond substituents is 1. The minimum Gasteiger partial charge on any atom is -0.505 e. The van der Waals surface area contributed by atoms with Crippen molar-refractivity contribution in [1.29, 1.82) is 0 Å². The Kier molecular flexibility index (Phi) is 21.2. The second kappa shape index (κ2) is 27.1. The summed E-state index contributed by atoms with van der Waals surface area (Å²) < 4.78 is 0. The largest absolute Gasteiger partial charge is 0.505 e. The maximum atomic E-state index is 14.6. The summed E-state index contributed by atoms with van der Waals surface area (Å²) in [6.07, 6.45) is -8.65. The molecule has 40 nitrogen and oxygen atoms in total. The third kappa shape index (κ3) is 16.6. The van der Waals surface area contributed by atoms with Crippen LogP contribution in [0.25, 0.3) is 0 Å². The van der Waals surface area contributed by atoms with Gasteiger partial charge in [0.05, 0.1) is 38.8 Å². The van der Waals surface area contributed by atoms with Crippen molar-refractivity contribution < 1.29 is 73.9 Å². The number of nitrogens with one attached hydrogen (secondary N) is 6. The van der Waals surface area contributed by atoms with Gasteiger partial charge in [-0.3, -0.25) is 59.1 Å². The monoisotopic (exact) mass is 1100 g/mol. The molecule has 40 heteroatoms. The minimum absolute atomic E-state index is 0.185. The number of guanidine groups is 3. The average Bonchev–Trinajstić information content (AvgIpc) is 3.36. The van der Waals surface area contributed by atoms with E-state index in [1.54, 1.807) is 5.48 Å². The number of rotatable bonds is 27. The topological polar surface area (TPSA) is 672 Å². The number of amidine groups is 1. The fourth-order valence-electron chi connectivity index (χ4n) is 6.53. The average molecular weight is 1100 g/mol. The van der Waals surface area contributed by atoms with Crippen LogP contribution in [0.4, 0.5) is 28.4 Å². The van der Waals surface area contributed by atoms with Gasteiger partial charge in [-0.05, 0) is 12.5 Å². The number of hydrogen-bond donors (Lipinski definition) is 18. The highest BCUT2D eigenvalue weighted by Crippen LogP contribution is 2.41. The fraction of sp³-hybridized carbons (Fsp3) is 0.237. The number of nitrogens with zero attached hydrogens (tertiary/aromatic N) is 8. The maximum absolute atomic E-state index is 14.6. The molecule has 0 bridgehead atoms. The summed E-state index contributed by atoms with van der Waals surface area (Å²) in [7, 11) is 0. The molecular weight excluding hydrogens is 1050 g/mol. The van der Waals surface area contributed by atoms with Gasteiger partial charge in [-0.15, -0.1) is 4.99 Å². The van der Waals surface area contributed by atoms with E-state index < -0.39 is 169 Å². The molecule has 0 aliphatic heterocycles. The molecule has 418 valence electrons. The first-order chi connectivity index (χ1) is 36.5. The third-order valence-electron chi connectivity index (χ3n) is 9.71. The van der Waals surface area contributed by atoms with Crippen LogP contribution in [0, 0.1) is 30.3 Å². The molecule has 0 aliphatic rings. The molecule has 0 aromatic heterocycles. The van der Waals surface area contributed by atoms with Gasteiger partial charge in [0.2, 0.25) is 36.5 Å². The molecule has 0 radical (unpaired) electrons. The van der Waals surface area contributed by atoms with Crippen molar-refractivity contribution in [2.75, 3.05) is 17.0 Å². The standard InChI is InChI=1S/C38H48N22O18/c1-13(39)47-27(32(66)49-26(25(40)63)53-36(41)42)51-34(68)29(55-38(45)46)52-33(67)28(54-37(43)44)50-31(65)22(14-5-3-2-4-6-14)48-30(64)21(12-61)57(11-15-7-16(58(71)72)9-19(24(15)62)56-78-77)23-18(35(69)70)8-17(59(73)74)10-20(23)60(75)76/h2-10,21-22,26-29,56,61-62,77H,11-12H2,1H3,(H2,39,47)(H2,40,63)(H,48,64)(H,49,66)(H,50,65)(H,51,68)(H,52,67)(H,69,70)(H4,41,42,53)(H4,43,44,54)(H4,45,46,55). The number of hydrogen-bond acceptors (Lipinski definition) is 23. The van der Waals surface area contributed by atoms with Crippen LogP contribution in [0.2, 0.25) is 0 Å². The number of nitrogens with two attached hydrogens (primary N) is 8. The lowest BCUT2D eigenvalue weighted by atomic mass is 10.0. The highest BCUT2D eigenvalue weighted by molar-refractivity contribution is 6.02. The Morgan fingerprint density at radius 2 is 1.13 bits per heavy atom. The van der Waals surface area contributed by atoms with Crippen molar-refractivity contribution in [2.24, 2.45) is 65.8 Å². The second-order valence-corrected chi connectivity index (χ2v) is 15.3. The zero-order chi connectivity index (χ0) is 58.9. The lowest BCUT2D eigenvalue weighted by Crippen LogP contribution is -2.58. The van der Waals surface area contributed by atoms with E-state index in [1.165, 1.54) is 30.3 Å². The van der Waals surface area contributed by atoms with Gasteiger partial charge in [0.1, 0.15) is 29.2 Å². The highest BCUT2D eigenvalue weighted by atomic mass is 17.2. The van der Waals surface area contributed by atoms with Crippen molar-refractivity contribution in [2.45, 2.75) is 50.2 Å². The summed E-state index contributed by atoms with van der Waals surface area (Å²) in [5.41, 5.74) is 37.5. The lowest BCUT2D eigenvalue weighted by Gasteiger charge is -2.33. The number of phenols is 1. The molecule has 26 N–H and O–H groups in total. The highest BCUT2D eigenvalue weighted by Gasteiger charge is 2.40. The number of aliphatic hydroxyl groups excluding tert-OH is 1. The van der Waals surface area contributed by atoms with Crippen molar-refractivity contribution in [3.8, 4) is 5.75 Å². The quantitative estimate of drug-likeness (QED) is 0.00842. The van der Waals surface area contributed by atoms with E-state index in [2.05, 4.69) is 35.6 Å². The summed E-state index contributed by atoms with van der Waals surface area (Å²) in [4.78, 5) is 146. The third-order valence-corrected chi connectivity index (χ3v) is 9.71. The summed E-state index contributed by atoms with van der Waals surface area (Å²) in [6.45, 7) is -1.63. The molecule has 78 heavy (non-hydrogen) atoms. The number of amides is 6. The van der Waals surface area contributed by atoms with E-state index in [-0.39, 0.29) is 17.5 Å². The Hall–Kier alpha value is -11.3. The number of anilines is 2. The fourth-order valence-corrected chi connectivity index (χ4v) is 6.53. The smallest absolute Gasteiger partial charge is 0.338 e. The lowest BCUT2D eigenvalue weighted by molar-refractivity contribution is -0.393. The molecule has 0 aliphatic carbocycles. The minimum atomic E-state index is -2.42. The first kappa shape index (κ1) is 61.0. The first-order valence-electron chi connectivity index (χ1n) is 21.1. The SMILES string of the molecule is CC(N)=NC(NC(=O)C(N=C(N)N)NC(=O)C(N=C(N)N)NC(=O)C(NC(=O)C(CO)N(Cc1cc([N+](=O)[O-])cc(NOO)c1O)c1c(C(=O)O)cc([N+](=O)[O-])cc1[N+](=O)[O-])c1ccccc1)C(=O)NC(N=C(N)N)C(N)=O. The summed E-state index contributed by atoms with van der Waals surface area (Å²) in [5, 5.41) is 87.9. The Bertz CT molecular complexity index is 2920. The zero-order valence-corrected chi connectivity index (χ0v) is 39.8. The normalized spacial score (nSPS) is 13.1. The van der Waals surface area contributed by atoms with Gasteiger partial charge in [0, 0.05) is 30.3 Å². The number of nitro groups is 3. The molecule has 3 aromatic rings. The number of aliphatic hydroxyl groups is 1. The van der Waals surface area contributed by atoms with Crippen LogP contribution in [0.1, 0.15) is 34.5 Å². The molecule has 0 saturated carbocycles. The number of non-ortho nitro benzene ring substituents is 2. The molecule has 3 rings (SSSR count). The van der Waals surface area contributed by atoms with Gasteiger partial charge in [-0.25, -0.2) is 35.5 Å². The second-order valence-electron chi connectivity index (χ2n) is 15.3. The number of primary amides is 1. The Morgan fingerprint density at radius 3 is 1.56 bits per heavy atom. The van der Waals surface area contributed by atoms with Gasteiger partial charge in [-0.1, -0.05) is 30.3 Å². The number of carboxylic acids is 1. The maximum Gasteiger partial charge on any atom is 0.338 e. The number of aromatic carboxylic acids is 1. The molecule has 6 amide bonds. The van der Waals surface area contributed by atoms with Crippen molar-refractivity contribution in [1.82, 2.24) is 26.6 Å². The molecule has 3 aromatic carbocycles. The van der Waals surface area contributed by atoms with Gasteiger partial charge in [0.25, 0.3) is 40.7 Å². The van der Waals surface area contributed by atoms with Crippen molar-refractivity contribution in [3.05, 3.63) is 102 Å². The summed E-state index contributed by atoms with van der Waals surface area (Å²) in [6, 6.07) is 3.74. The Balaban J connectivity index is 2.21. The molecule has 0 spiro atoms. The van der Waals surface area contributed by atoms with E-state index in [4.69, 9.17) is 51.1 Å². The molecule has 6 atom stereocenters. The zero-order valence-electron chi connectivity index (χ0n) is 39.8.